The van der Waals surface area contributed by atoms with Gasteiger partial charge < -0.3 is 10.6 Å². The highest BCUT2D eigenvalue weighted by Gasteiger charge is 2.26. The Morgan fingerprint density at radius 3 is 2.32 bits per heavy atom. The molecule has 2 amide bonds. The van der Waals surface area contributed by atoms with Crippen molar-refractivity contribution in [2.45, 2.75) is 19.0 Å². The molecule has 8 heteroatoms. The number of benzene rings is 1. The molecule has 2 atom stereocenters. The van der Waals surface area contributed by atoms with Crippen molar-refractivity contribution >= 4 is 21.7 Å². The molecule has 7 nitrogen and oxygen atoms in total. The lowest BCUT2D eigenvalue weighted by molar-refractivity contribution is -0.122. The zero-order valence-corrected chi connectivity index (χ0v) is 13.1. The largest absolute Gasteiger partial charge is 0.339 e. The number of carbonyl (C=O) groups excluding carboxylic acids is 2. The minimum Gasteiger partial charge on any atom is -0.339 e. The highest BCUT2D eigenvalue weighted by atomic mass is 32.2. The van der Waals surface area contributed by atoms with Gasteiger partial charge in [-0.05, 0) is 19.1 Å². The molecule has 0 fully saturated rings. The van der Waals surface area contributed by atoms with Crippen molar-refractivity contribution in [2.24, 2.45) is 0 Å². The normalized spacial score (nSPS) is 13.5. The zero-order chi connectivity index (χ0) is 16.8. The van der Waals surface area contributed by atoms with Crippen LogP contribution >= 0.6 is 0 Å². The minimum absolute atomic E-state index is 0.308. The summed E-state index contributed by atoms with van der Waals surface area (Å²) in [5, 5.41) is 13.4. The first-order valence-electron chi connectivity index (χ1n) is 6.46. The Labute approximate surface area is 129 Å². The lowest BCUT2D eigenvalue weighted by Crippen LogP contribution is -2.51. The predicted molar refractivity (Wildman–Crippen MR) is 80.6 cm³/mol. The van der Waals surface area contributed by atoms with Gasteiger partial charge in [0.1, 0.15) is 21.9 Å². The van der Waals surface area contributed by atoms with Crippen molar-refractivity contribution in [3.63, 3.8) is 0 Å². The molecule has 0 saturated heterocycles. The van der Waals surface area contributed by atoms with Crippen LogP contribution in [0.4, 0.5) is 0 Å². The second kappa shape index (κ2) is 7.56. The Hall–Kier alpha value is -2.40. The average Bonchev–Trinajstić information content (AvgIpc) is 2.45. The number of hydrogen-bond donors (Lipinski definition) is 2. The van der Waals surface area contributed by atoms with Crippen LogP contribution in [-0.4, -0.2) is 44.3 Å². The number of nitrogens with zero attached hydrogens (tertiary/aromatic N) is 1. The van der Waals surface area contributed by atoms with E-state index in [9.17, 15) is 18.0 Å². The standard InChI is InChI=1S/C14H17N3O4S/c1-10(8-15)16-14(19)12(9-22(2,20)21)17-13(18)11-6-4-3-5-7-11/h3-7,10,12H,9H2,1-2H3,(H,16,19)(H,17,18). The van der Waals surface area contributed by atoms with Gasteiger partial charge in [-0.2, -0.15) is 5.26 Å². The zero-order valence-electron chi connectivity index (χ0n) is 12.2. The summed E-state index contributed by atoms with van der Waals surface area (Å²) in [5.41, 5.74) is 0.308. The molecule has 0 spiro atoms. The van der Waals surface area contributed by atoms with Crippen LogP contribution in [0.2, 0.25) is 0 Å². The highest BCUT2D eigenvalue weighted by molar-refractivity contribution is 7.90. The summed E-state index contributed by atoms with van der Waals surface area (Å²) >= 11 is 0. The molecule has 0 aromatic heterocycles. The number of nitriles is 1. The van der Waals surface area contributed by atoms with E-state index in [0.29, 0.717) is 5.56 Å². The average molecular weight is 323 g/mol. The maximum atomic E-state index is 12.0. The molecule has 0 radical (unpaired) electrons. The molecule has 0 heterocycles. The molecule has 0 aliphatic carbocycles. The van der Waals surface area contributed by atoms with E-state index in [2.05, 4.69) is 10.6 Å². The Bertz CT molecular complexity index is 680. The van der Waals surface area contributed by atoms with Gasteiger partial charge in [-0.15, -0.1) is 0 Å². The summed E-state index contributed by atoms with van der Waals surface area (Å²) in [5.74, 6) is -1.83. The molecule has 0 saturated carbocycles. The van der Waals surface area contributed by atoms with E-state index in [0.717, 1.165) is 6.26 Å². The quantitative estimate of drug-likeness (QED) is 0.755. The predicted octanol–water partition coefficient (Wildman–Crippen LogP) is -0.142. The molecule has 2 N–H and O–H groups in total. The SMILES string of the molecule is CC(C#N)NC(=O)C(CS(C)(=O)=O)NC(=O)c1ccccc1. The smallest absolute Gasteiger partial charge is 0.251 e. The highest BCUT2D eigenvalue weighted by Crippen LogP contribution is 2.01. The van der Waals surface area contributed by atoms with E-state index in [-0.39, 0.29) is 0 Å². The van der Waals surface area contributed by atoms with Crippen LogP contribution in [0.1, 0.15) is 17.3 Å². The molecule has 22 heavy (non-hydrogen) atoms. The van der Waals surface area contributed by atoms with Crippen molar-refractivity contribution in [1.82, 2.24) is 10.6 Å². The van der Waals surface area contributed by atoms with Crippen LogP contribution in [0.15, 0.2) is 30.3 Å². The van der Waals surface area contributed by atoms with Gasteiger partial charge in [-0.25, -0.2) is 8.42 Å². The Balaban J connectivity index is 2.89. The van der Waals surface area contributed by atoms with Gasteiger partial charge >= 0.3 is 0 Å². The van der Waals surface area contributed by atoms with Crippen LogP contribution in [0.5, 0.6) is 0 Å². The fourth-order valence-electron chi connectivity index (χ4n) is 1.66. The monoisotopic (exact) mass is 323 g/mol. The fraction of sp³-hybridized carbons (Fsp3) is 0.357. The summed E-state index contributed by atoms with van der Waals surface area (Å²) in [6, 6.07) is 7.87. The summed E-state index contributed by atoms with van der Waals surface area (Å²) < 4.78 is 22.8. The Kier molecular flexibility index (Phi) is 6.07. The molecule has 0 aliphatic rings. The first-order chi connectivity index (χ1) is 10.2. The minimum atomic E-state index is -3.50. The number of carbonyl (C=O) groups is 2. The van der Waals surface area contributed by atoms with E-state index in [1.165, 1.54) is 6.92 Å². The summed E-state index contributed by atoms with van der Waals surface area (Å²) in [7, 11) is -3.50. The van der Waals surface area contributed by atoms with Gasteiger partial charge in [0.2, 0.25) is 5.91 Å². The second-order valence-electron chi connectivity index (χ2n) is 4.84. The van der Waals surface area contributed by atoms with Crippen molar-refractivity contribution in [3.8, 4) is 6.07 Å². The van der Waals surface area contributed by atoms with Crippen LogP contribution < -0.4 is 10.6 Å². The maximum absolute atomic E-state index is 12.0. The van der Waals surface area contributed by atoms with Gasteiger partial charge in [0.15, 0.2) is 0 Å². The maximum Gasteiger partial charge on any atom is 0.251 e. The van der Waals surface area contributed by atoms with Crippen molar-refractivity contribution in [1.29, 1.82) is 5.26 Å². The summed E-state index contributed by atoms with van der Waals surface area (Å²) in [6.07, 6.45) is 0.968. The van der Waals surface area contributed by atoms with Crippen LogP contribution in [-0.2, 0) is 14.6 Å². The summed E-state index contributed by atoms with van der Waals surface area (Å²) in [6.45, 7) is 1.45. The van der Waals surface area contributed by atoms with Crippen LogP contribution in [0.25, 0.3) is 0 Å². The number of amides is 2. The Morgan fingerprint density at radius 2 is 1.82 bits per heavy atom. The van der Waals surface area contributed by atoms with Crippen LogP contribution in [0.3, 0.4) is 0 Å². The van der Waals surface area contributed by atoms with Gasteiger partial charge in [0, 0.05) is 11.8 Å². The van der Waals surface area contributed by atoms with Crippen molar-refractivity contribution in [3.05, 3.63) is 35.9 Å². The van der Waals surface area contributed by atoms with Gasteiger partial charge in [-0.1, -0.05) is 18.2 Å². The van der Waals surface area contributed by atoms with Crippen molar-refractivity contribution < 1.29 is 18.0 Å². The number of nitrogens with one attached hydrogen (secondary N) is 2. The Morgan fingerprint density at radius 1 is 1.23 bits per heavy atom. The number of hydrogen-bond acceptors (Lipinski definition) is 5. The van der Waals surface area contributed by atoms with Gasteiger partial charge in [-0.3, -0.25) is 9.59 Å². The van der Waals surface area contributed by atoms with E-state index >= 15 is 0 Å². The van der Waals surface area contributed by atoms with E-state index in [1.807, 2.05) is 0 Å². The molecule has 1 rings (SSSR count). The van der Waals surface area contributed by atoms with Crippen molar-refractivity contribution in [2.75, 3.05) is 12.0 Å². The molecular formula is C14H17N3O4S. The van der Waals surface area contributed by atoms with E-state index in [4.69, 9.17) is 5.26 Å². The molecule has 1 aromatic rings. The fourth-order valence-corrected chi connectivity index (χ4v) is 2.50. The lowest BCUT2D eigenvalue weighted by Gasteiger charge is -2.18. The lowest BCUT2D eigenvalue weighted by atomic mass is 10.2. The molecule has 1 aromatic carbocycles. The third kappa shape index (κ3) is 5.93. The van der Waals surface area contributed by atoms with Gasteiger partial charge in [0.05, 0.1) is 11.8 Å². The first-order valence-corrected chi connectivity index (χ1v) is 8.52. The topological polar surface area (TPSA) is 116 Å². The van der Waals surface area contributed by atoms with E-state index < -0.39 is 39.5 Å². The van der Waals surface area contributed by atoms with Crippen LogP contribution in [0, 0.1) is 11.3 Å². The molecule has 2 unspecified atom stereocenters. The molecule has 118 valence electrons. The molecular weight excluding hydrogens is 306 g/mol. The number of rotatable bonds is 6. The number of sulfone groups is 1. The van der Waals surface area contributed by atoms with Gasteiger partial charge in [0.25, 0.3) is 5.91 Å². The molecule has 0 bridgehead atoms. The van der Waals surface area contributed by atoms with E-state index in [1.54, 1.807) is 36.4 Å². The molecule has 0 aliphatic heterocycles. The third-order valence-corrected chi connectivity index (χ3v) is 3.62. The summed E-state index contributed by atoms with van der Waals surface area (Å²) in [4.78, 5) is 24.1. The first kappa shape index (κ1) is 17.7. The second-order valence-corrected chi connectivity index (χ2v) is 7.03. The third-order valence-electron chi connectivity index (χ3n) is 2.68.